The zero-order valence-electron chi connectivity index (χ0n) is 10.6. The molecule has 0 aliphatic rings. The quantitative estimate of drug-likeness (QED) is 0.922. The Kier molecular flexibility index (Phi) is 3.89. The Hall–Kier alpha value is -1.52. The summed E-state index contributed by atoms with van der Waals surface area (Å²) in [5, 5.41) is 12.2. The van der Waals surface area contributed by atoms with Gasteiger partial charge in [-0.3, -0.25) is 0 Å². The summed E-state index contributed by atoms with van der Waals surface area (Å²) in [6.45, 7) is 1.96. The van der Waals surface area contributed by atoms with Gasteiger partial charge < -0.3 is 14.6 Å². The third-order valence-electron chi connectivity index (χ3n) is 2.87. The van der Waals surface area contributed by atoms with Gasteiger partial charge in [-0.1, -0.05) is 6.07 Å². The van der Waals surface area contributed by atoms with E-state index in [2.05, 4.69) is 0 Å². The Balaban J connectivity index is 2.30. The molecule has 3 nitrogen and oxygen atoms in total. The Morgan fingerprint density at radius 2 is 1.83 bits per heavy atom. The molecule has 0 amide bonds. The lowest BCUT2D eigenvalue weighted by atomic mass is 10.0. The average molecular weight is 264 g/mol. The van der Waals surface area contributed by atoms with Crippen LogP contribution in [0.2, 0.25) is 0 Å². The maximum Gasteiger partial charge on any atom is 0.129 e. The van der Waals surface area contributed by atoms with Gasteiger partial charge in [-0.15, -0.1) is 11.3 Å². The normalized spacial score (nSPS) is 12.2. The highest BCUT2D eigenvalue weighted by molar-refractivity contribution is 7.10. The standard InChI is InChI=1S/C14H16O3S/c1-9-6-10(16-2)4-5-12(9)14(15)13-7-11(17-3)8-18-13/h4-8,14-15H,1-3H3. The lowest BCUT2D eigenvalue weighted by molar-refractivity contribution is 0.223. The van der Waals surface area contributed by atoms with Crippen molar-refractivity contribution in [3.05, 3.63) is 45.6 Å². The summed E-state index contributed by atoms with van der Waals surface area (Å²) in [7, 11) is 3.26. The Bertz CT molecular complexity index is 534. The number of hydrogen-bond acceptors (Lipinski definition) is 4. The zero-order chi connectivity index (χ0) is 13.1. The molecule has 2 aromatic rings. The van der Waals surface area contributed by atoms with E-state index < -0.39 is 6.10 Å². The molecule has 0 saturated carbocycles. The first-order valence-corrected chi connectivity index (χ1v) is 6.48. The fraction of sp³-hybridized carbons (Fsp3) is 0.286. The summed E-state index contributed by atoms with van der Waals surface area (Å²) < 4.78 is 10.3. The van der Waals surface area contributed by atoms with Crippen LogP contribution in [0.3, 0.4) is 0 Å². The predicted octanol–water partition coefficient (Wildman–Crippen LogP) is 3.16. The molecule has 0 bridgehead atoms. The van der Waals surface area contributed by atoms with E-state index in [1.54, 1.807) is 14.2 Å². The van der Waals surface area contributed by atoms with Gasteiger partial charge in [0.15, 0.2) is 0 Å². The number of rotatable bonds is 4. The summed E-state index contributed by atoms with van der Waals surface area (Å²) in [4.78, 5) is 0.875. The molecule has 0 saturated heterocycles. The van der Waals surface area contributed by atoms with Crippen molar-refractivity contribution in [2.75, 3.05) is 14.2 Å². The third kappa shape index (κ3) is 2.49. The average Bonchev–Trinajstić information content (AvgIpc) is 2.86. The zero-order valence-corrected chi connectivity index (χ0v) is 11.5. The van der Waals surface area contributed by atoms with Crippen molar-refractivity contribution in [2.45, 2.75) is 13.0 Å². The van der Waals surface area contributed by atoms with E-state index in [1.165, 1.54) is 11.3 Å². The van der Waals surface area contributed by atoms with Crippen LogP contribution in [0.25, 0.3) is 0 Å². The maximum atomic E-state index is 10.4. The summed E-state index contributed by atoms with van der Waals surface area (Å²) in [6.07, 6.45) is -0.621. The summed E-state index contributed by atoms with van der Waals surface area (Å²) in [5.74, 6) is 1.58. The van der Waals surface area contributed by atoms with E-state index in [0.29, 0.717) is 0 Å². The monoisotopic (exact) mass is 264 g/mol. The molecule has 4 heteroatoms. The summed E-state index contributed by atoms with van der Waals surface area (Å²) in [6, 6.07) is 7.53. The minimum Gasteiger partial charge on any atom is -0.497 e. The first-order chi connectivity index (χ1) is 8.65. The van der Waals surface area contributed by atoms with Crippen LogP contribution in [0.15, 0.2) is 29.6 Å². The highest BCUT2D eigenvalue weighted by atomic mass is 32.1. The highest BCUT2D eigenvalue weighted by Gasteiger charge is 2.15. The smallest absolute Gasteiger partial charge is 0.129 e. The molecule has 1 unspecified atom stereocenters. The van der Waals surface area contributed by atoms with E-state index in [9.17, 15) is 5.11 Å². The van der Waals surface area contributed by atoms with Crippen molar-refractivity contribution >= 4 is 11.3 Å². The summed E-state index contributed by atoms with van der Waals surface area (Å²) >= 11 is 1.49. The maximum absolute atomic E-state index is 10.4. The molecule has 96 valence electrons. The van der Waals surface area contributed by atoms with Crippen molar-refractivity contribution < 1.29 is 14.6 Å². The number of ether oxygens (including phenoxy) is 2. The Morgan fingerprint density at radius 1 is 1.11 bits per heavy atom. The van der Waals surface area contributed by atoms with Crippen LogP contribution in [-0.2, 0) is 0 Å². The van der Waals surface area contributed by atoms with Gasteiger partial charge in [-0.2, -0.15) is 0 Å². The number of aliphatic hydroxyl groups is 1. The highest BCUT2D eigenvalue weighted by Crippen LogP contribution is 2.33. The molecule has 1 aromatic heterocycles. The van der Waals surface area contributed by atoms with Gasteiger partial charge in [-0.25, -0.2) is 0 Å². The summed E-state index contributed by atoms with van der Waals surface area (Å²) in [5.41, 5.74) is 1.90. The van der Waals surface area contributed by atoms with E-state index in [4.69, 9.17) is 9.47 Å². The lowest BCUT2D eigenvalue weighted by Gasteiger charge is -2.13. The number of methoxy groups -OCH3 is 2. The molecular formula is C14H16O3S. The van der Waals surface area contributed by atoms with Crippen LogP contribution < -0.4 is 9.47 Å². The van der Waals surface area contributed by atoms with Crippen LogP contribution in [0.5, 0.6) is 11.5 Å². The van der Waals surface area contributed by atoms with Crippen LogP contribution in [-0.4, -0.2) is 19.3 Å². The Morgan fingerprint density at radius 3 is 2.39 bits per heavy atom. The van der Waals surface area contributed by atoms with Crippen LogP contribution in [0.1, 0.15) is 22.1 Å². The van der Waals surface area contributed by atoms with Crippen molar-refractivity contribution in [3.8, 4) is 11.5 Å². The number of aliphatic hydroxyl groups excluding tert-OH is 1. The second-order valence-corrected chi connectivity index (χ2v) is 4.96. The Labute approximate surface area is 111 Å². The van der Waals surface area contributed by atoms with Gasteiger partial charge >= 0.3 is 0 Å². The minimum atomic E-state index is -0.621. The van der Waals surface area contributed by atoms with Gasteiger partial charge in [0.2, 0.25) is 0 Å². The predicted molar refractivity (Wildman–Crippen MR) is 72.7 cm³/mol. The topological polar surface area (TPSA) is 38.7 Å². The lowest BCUT2D eigenvalue weighted by Crippen LogP contribution is -2.00. The SMILES string of the molecule is COc1csc(C(O)c2ccc(OC)cc2C)c1. The van der Waals surface area contributed by atoms with E-state index in [-0.39, 0.29) is 0 Å². The first-order valence-electron chi connectivity index (χ1n) is 5.60. The van der Waals surface area contributed by atoms with Crippen molar-refractivity contribution in [2.24, 2.45) is 0 Å². The fourth-order valence-electron chi connectivity index (χ4n) is 1.82. The van der Waals surface area contributed by atoms with E-state index in [1.807, 2.05) is 36.6 Å². The molecule has 1 aromatic carbocycles. The molecule has 1 heterocycles. The van der Waals surface area contributed by atoms with Crippen molar-refractivity contribution in [1.29, 1.82) is 0 Å². The van der Waals surface area contributed by atoms with Crippen LogP contribution in [0.4, 0.5) is 0 Å². The molecule has 0 fully saturated rings. The van der Waals surface area contributed by atoms with Gasteiger partial charge in [0.1, 0.15) is 17.6 Å². The van der Waals surface area contributed by atoms with E-state index in [0.717, 1.165) is 27.5 Å². The van der Waals surface area contributed by atoms with Crippen LogP contribution in [0, 0.1) is 6.92 Å². The molecular weight excluding hydrogens is 248 g/mol. The number of hydrogen-bond donors (Lipinski definition) is 1. The largest absolute Gasteiger partial charge is 0.497 e. The number of benzene rings is 1. The van der Waals surface area contributed by atoms with Gasteiger partial charge in [0, 0.05) is 10.3 Å². The second kappa shape index (κ2) is 5.42. The van der Waals surface area contributed by atoms with Gasteiger partial charge in [0.25, 0.3) is 0 Å². The van der Waals surface area contributed by atoms with Gasteiger partial charge in [0.05, 0.1) is 14.2 Å². The first kappa shape index (κ1) is 12.9. The van der Waals surface area contributed by atoms with Gasteiger partial charge in [-0.05, 0) is 36.2 Å². The third-order valence-corrected chi connectivity index (χ3v) is 3.84. The molecule has 2 rings (SSSR count). The molecule has 18 heavy (non-hydrogen) atoms. The number of thiophene rings is 1. The van der Waals surface area contributed by atoms with Crippen molar-refractivity contribution in [3.63, 3.8) is 0 Å². The molecule has 0 aliphatic carbocycles. The minimum absolute atomic E-state index is 0.621. The molecule has 0 aliphatic heterocycles. The second-order valence-electron chi connectivity index (χ2n) is 4.01. The molecule has 1 N–H and O–H groups in total. The van der Waals surface area contributed by atoms with Crippen molar-refractivity contribution in [1.82, 2.24) is 0 Å². The fourth-order valence-corrected chi connectivity index (χ4v) is 2.68. The molecule has 0 spiro atoms. The van der Waals surface area contributed by atoms with E-state index >= 15 is 0 Å². The van der Waals surface area contributed by atoms with Crippen LogP contribution >= 0.6 is 11.3 Å². The number of aryl methyl sites for hydroxylation is 1. The molecule has 0 radical (unpaired) electrons. The molecule has 1 atom stereocenters.